The standard InChI is InChI=1S/C9H20N2O2S/c1-2-11-14(12,13)8-7-10-9-5-3-4-6-9/h9-11H,2-8H2,1H3. The largest absolute Gasteiger partial charge is 0.313 e. The van der Waals surface area contributed by atoms with Crippen LogP contribution in [0.3, 0.4) is 0 Å². The first-order chi connectivity index (χ1) is 6.64. The third-order valence-corrected chi connectivity index (χ3v) is 3.99. The molecule has 4 nitrogen and oxygen atoms in total. The second-order valence-electron chi connectivity index (χ2n) is 3.75. The van der Waals surface area contributed by atoms with Crippen molar-refractivity contribution in [3.63, 3.8) is 0 Å². The van der Waals surface area contributed by atoms with Crippen molar-refractivity contribution < 1.29 is 8.42 Å². The summed E-state index contributed by atoms with van der Waals surface area (Å²) in [5, 5.41) is 3.28. The molecule has 1 aliphatic carbocycles. The third-order valence-electron chi connectivity index (χ3n) is 2.52. The molecule has 84 valence electrons. The summed E-state index contributed by atoms with van der Waals surface area (Å²) < 4.78 is 25.0. The highest BCUT2D eigenvalue weighted by Crippen LogP contribution is 2.17. The summed E-state index contributed by atoms with van der Waals surface area (Å²) >= 11 is 0. The zero-order valence-corrected chi connectivity index (χ0v) is 9.57. The van der Waals surface area contributed by atoms with E-state index in [0.29, 0.717) is 19.1 Å². The maximum atomic E-state index is 11.3. The molecule has 0 aliphatic heterocycles. The molecule has 0 heterocycles. The smallest absolute Gasteiger partial charge is 0.212 e. The van der Waals surface area contributed by atoms with Crippen LogP contribution >= 0.6 is 0 Å². The highest BCUT2D eigenvalue weighted by molar-refractivity contribution is 7.89. The second-order valence-corrected chi connectivity index (χ2v) is 5.68. The molecule has 1 aliphatic rings. The average molecular weight is 220 g/mol. The van der Waals surface area contributed by atoms with E-state index >= 15 is 0 Å². The number of nitrogens with one attached hydrogen (secondary N) is 2. The van der Waals surface area contributed by atoms with Crippen LogP contribution in [0.2, 0.25) is 0 Å². The minimum absolute atomic E-state index is 0.192. The summed E-state index contributed by atoms with van der Waals surface area (Å²) in [7, 11) is -3.04. The van der Waals surface area contributed by atoms with Crippen molar-refractivity contribution in [2.45, 2.75) is 38.6 Å². The van der Waals surface area contributed by atoms with Gasteiger partial charge in [0.2, 0.25) is 10.0 Å². The lowest BCUT2D eigenvalue weighted by Gasteiger charge is -2.11. The second kappa shape index (κ2) is 5.68. The van der Waals surface area contributed by atoms with Gasteiger partial charge in [-0.3, -0.25) is 0 Å². The van der Waals surface area contributed by atoms with Crippen LogP contribution in [0.4, 0.5) is 0 Å². The lowest BCUT2D eigenvalue weighted by molar-refractivity contribution is 0.533. The van der Waals surface area contributed by atoms with Crippen LogP contribution in [-0.4, -0.2) is 33.3 Å². The van der Waals surface area contributed by atoms with E-state index in [4.69, 9.17) is 0 Å². The minimum atomic E-state index is -3.04. The predicted molar refractivity (Wildman–Crippen MR) is 57.7 cm³/mol. The number of sulfonamides is 1. The molecule has 0 atom stereocenters. The summed E-state index contributed by atoms with van der Waals surface area (Å²) in [4.78, 5) is 0. The molecular weight excluding hydrogens is 200 g/mol. The van der Waals surface area contributed by atoms with Crippen LogP contribution in [0.25, 0.3) is 0 Å². The van der Waals surface area contributed by atoms with Gasteiger partial charge in [0.05, 0.1) is 5.75 Å². The molecule has 2 N–H and O–H groups in total. The van der Waals surface area contributed by atoms with Gasteiger partial charge in [-0.15, -0.1) is 0 Å². The van der Waals surface area contributed by atoms with E-state index in [2.05, 4.69) is 10.0 Å². The van der Waals surface area contributed by atoms with Gasteiger partial charge >= 0.3 is 0 Å². The molecular formula is C9H20N2O2S. The van der Waals surface area contributed by atoms with Gasteiger partial charge in [-0.05, 0) is 12.8 Å². The van der Waals surface area contributed by atoms with Gasteiger partial charge < -0.3 is 5.32 Å². The molecule has 0 radical (unpaired) electrons. The maximum absolute atomic E-state index is 11.3. The minimum Gasteiger partial charge on any atom is -0.313 e. The molecule has 1 rings (SSSR count). The van der Waals surface area contributed by atoms with E-state index in [1.165, 1.54) is 25.7 Å². The molecule has 5 heteroatoms. The monoisotopic (exact) mass is 220 g/mol. The molecule has 0 spiro atoms. The highest BCUT2D eigenvalue weighted by Gasteiger charge is 2.15. The SMILES string of the molecule is CCNS(=O)(=O)CCNC1CCCC1. The van der Waals surface area contributed by atoms with E-state index < -0.39 is 10.0 Å². The Morgan fingerprint density at radius 3 is 2.50 bits per heavy atom. The third kappa shape index (κ3) is 4.39. The molecule has 0 unspecified atom stereocenters. The Morgan fingerprint density at radius 1 is 1.29 bits per heavy atom. The van der Waals surface area contributed by atoms with Gasteiger partial charge in [0.25, 0.3) is 0 Å². The van der Waals surface area contributed by atoms with Crippen LogP contribution in [0.1, 0.15) is 32.6 Å². The van der Waals surface area contributed by atoms with Crippen LogP contribution in [0, 0.1) is 0 Å². The summed E-state index contributed by atoms with van der Waals surface area (Å²) in [5.74, 6) is 0.192. The fraction of sp³-hybridized carbons (Fsp3) is 1.00. The van der Waals surface area contributed by atoms with Crippen LogP contribution in [0.15, 0.2) is 0 Å². The Bertz CT molecular complexity index is 246. The van der Waals surface area contributed by atoms with Crippen molar-refractivity contribution in [3.8, 4) is 0 Å². The topological polar surface area (TPSA) is 58.2 Å². The summed E-state index contributed by atoms with van der Waals surface area (Å²) in [6, 6.07) is 0.548. The zero-order valence-electron chi connectivity index (χ0n) is 8.75. The Hall–Kier alpha value is -0.130. The van der Waals surface area contributed by atoms with Gasteiger partial charge in [-0.25, -0.2) is 13.1 Å². The number of hydrogen-bond donors (Lipinski definition) is 2. The summed E-state index contributed by atoms with van der Waals surface area (Å²) in [6.07, 6.45) is 4.94. The average Bonchev–Trinajstić information content (AvgIpc) is 2.56. The van der Waals surface area contributed by atoms with Crippen molar-refractivity contribution >= 4 is 10.0 Å². The summed E-state index contributed by atoms with van der Waals surface area (Å²) in [5.41, 5.74) is 0. The molecule has 0 amide bonds. The quantitative estimate of drug-likeness (QED) is 0.683. The Morgan fingerprint density at radius 2 is 1.93 bits per heavy atom. The van der Waals surface area contributed by atoms with Crippen LogP contribution in [0.5, 0.6) is 0 Å². The van der Waals surface area contributed by atoms with Crippen molar-refractivity contribution in [2.24, 2.45) is 0 Å². The van der Waals surface area contributed by atoms with Crippen LogP contribution < -0.4 is 10.0 Å². The zero-order chi connectivity index (χ0) is 10.4. The van der Waals surface area contributed by atoms with Crippen molar-refractivity contribution in [1.29, 1.82) is 0 Å². The van der Waals surface area contributed by atoms with E-state index in [0.717, 1.165) is 0 Å². The molecule has 1 fully saturated rings. The number of rotatable bonds is 6. The lowest BCUT2D eigenvalue weighted by atomic mass is 10.2. The molecule has 0 aromatic carbocycles. The van der Waals surface area contributed by atoms with E-state index in [1.807, 2.05) is 0 Å². The fourth-order valence-electron chi connectivity index (χ4n) is 1.82. The van der Waals surface area contributed by atoms with E-state index in [1.54, 1.807) is 6.92 Å². The number of hydrogen-bond acceptors (Lipinski definition) is 3. The first kappa shape index (κ1) is 11.9. The van der Waals surface area contributed by atoms with E-state index in [-0.39, 0.29) is 5.75 Å². The Kier molecular flexibility index (Phi) is 4.84. The van der Waals surface area contributed by atoms with Crippen molar-refractivity contribution in [1.82, 2.24) is 10.0 Å². The first-order valence-electron chi connectivity index (χ1n) is 5.35. The van der Waals surface area contributed by atoms with Gasteiger partial charge in [-0.1, -0.05) is 19.8 Å². The van der Waals surface area contributed by atoms with Crippen LogP contribution in [-0.2, 0) is 10.0 Å². The van der Waals surface area contributed by atoms with Gasteiger partial charge in [0.15, 0.2) is 0 Å². The lowest BCUT2D eigenvalue weighted by Crippen LogP contribution is -2.35. The van der Waals surface area contributed by atoms with Gasteiger partial charge in [0, 0.05) is 19.1 Å². The Labute approximate surface area is 86.5 Å². The molecule has 0 saturated heterocycles. The molecule has 14 heavy (non-hydrogen) atoms. The first-order valence-corrected chi connectivity index (χ1v) is 7.00. The molecule has 0 aromatic rings. The Balaban J connectivity index is 2.13. The van der Waals surface area contributed by atoms with Gasteiger partial charge in [-0.2, -0.15) is 0 Å². The van der Waals surface area contributed by atoms with Crippen molar-refractivity contribution in [2.75, 3.05) is 18.8 Å². The highest BCUT2D eigenvalue weighted by atomic mass is 32.2. The predicted octanol–water partition coefficient (Wildman–Crippen LogP) is 0.458. The normalized spacial score (nSPS) is 18.9. The van der Waals surface area contributed by atoms with E-state index in [9.17, 15) is 8.42 Å². The molecule has 1 saturated carbocycles. The van der Waals surface area contributed by atoms with Gasteiger partial charge in [0.1, 0.15) is 0 Å². The summed E-state index contributed by atoms with van der Waals surface area (Å²) in [6.45, 7) is 2.84. The maximum Gasteiger partial charge on any atom is 0.212 e. The fourth-order valence-corrected chi connectivity index (χ4v) is 2.79. The van der Waals surface area contributed by atoms with Crippen molar-refractivity contribution in [3.05, 3.63) is 0 Å². The molecule has 0 aromatic heterocycles. The molecule has 0 bridgehead atoms.